The van der Waals surface area contributed by atoms with Crippen LogP contribution < -0.4 is 50.3 Å². The Hall–Kier alpha value is -10.2. The second-order valence-corrected chi connectivity index (χ2v) is 34.0. The van der Waals surface area contributed by atoms with Crippen LogP contribution in [-0.2, 0) is 4.74 Å². The van der Waals surface area contributed by atoms with Gasteiger partial charge in [-0.3, -0.25) is 33.8 Å². The van der Waals surface area contributed by atoms with Gasteiger partial charge in [-0.05, 0) is 321 Å². The first-order chi connectivity index (χ1) is 60.2. The van der Waals surface area contributed by atoms with E-state index < -0.39 is 0 Å². The maximum Gasteiger partial charge on any atom is 0.259 e. The van der Waals surface area contributed by atoms with Crippen LogP contribution in [0, 0.1) is 69.2 Å². The van der Waals surface area contributed by atoms with Gasteiger partial charge in [-0.1, -0.05) is 119 Å². The highest BCUT2D eigenvalue weighted by Crippen LogP contribution is 2.32. The molecule has 0 spiro atoms. The molecule has 0 aromatic heterocycles. The van der Waals surface area contributed by atoms with Crippen LogP contribution in [0.4, 0.5) is 28.4 Å². The van der Waals surface area contributed by atoms with Gasteiger partial charge in [0.2, 0.25) is 0 Å². The molecule has 5 N–H and O–H groups in total. The number of rotatable bonds is 30. The number of anilines is 5. The monoisotopic (exact) mass is 1810 g/mol. The summed E-state index contributed by atoms with van der Waals surface area (Å²) in [5, 5.41) is 18.0. The van der Waals surface area contributed by atoms with Crippen molar-refractivity contribution in [3.05, 3.63) is 291 Å². The lowest BCUT2D eigenvalue weighted by Crippen LogP contribution is -2.38. The van der Waals surface area contributed by atoms with Crippen molar-refractivity contribution >= 4 is 116 Å². The minimum Gasteiger partial charge on any atom is -0.491 e. The number of piperidine rings is 1. The second kappa shape index (κ2) is 51.5. The highest BCUT2D eigenvalue weighted by Gasteiger charge is 2.23. The first-order valence-electron chi connectivity index (χ1n) is 42.2. The zero-order valence-corrected chi connectivity index (χ0v) is 79.2. The van der Waals surface area contributed by atoms with Crippen LogP contribution in [0.15, 0.2) is 182 Å². The molecule has 2 saturated heterocycles. The summed E-state index contributed by atoms with van der Waals surface area (Å²) in [5.41, 5.74) is 15.6. The third kappa shape index (κ3) is 33.2. The van der Waals surface area contributed by atoms with Crippen molar-refractivity contribution in [3.63, 3.8) is 0 Å². The molecule has 2 heterocycles. The van der Waals surface area contributed by atoms with E-state index in [1.54, 1.807) is 60.7 Å². The van der Waals surface area contributed by atoms with Crippen molar-refractivity contribution in [3.8, 4) is 28.7 Å². The van der Waals surface area contributed by atoms with Gasteiger partial charge in [0.05, 0.1) is 41.0 Å². The van der Waals surface area contributed by atoms with E-state index in [1.807, 2.05) is 248 Å². The molecule has 12 rings (SSSR count). The molecule has 0 aliphatic carbocycles. The molecule has 21 nitrogen and oxygen atoms in total. The molecule has 0 unspecified atom stereocenters. The number of carbonyl (C=O) groups excluding carboxylic acids is 5. The third-order valence-electron chi connectivity index (χ3n) is 20.5. The van der Waals surface area contributed by atoms with Crippen LogP contribution in [0.25, 0.3) is 0 Å². The molecule has 672 valence electrons. The molecule has 2 fully saturated rings. The number of ether oxygens (including phenoxy) is 6. The van der Waals surface area contributed by atoms with Gasteiger partial charge >= 0.3 is 0 Å². The van der Waals surface area contributed by atoms with Crippen LogP contribution in [0.2, 0.25) is 25.1 Å². The van der Waals surface area contributed by atoms with Gasteiger partial charge in [-0.2, -0.15) is 0 Å². The average Bonchev–Trinajstić information content (AvgIpc) is 0.834. The van der Waals surface area contributed by atoms with Gasteiger partial charge in [0.15, 0.2) is 0 Å². The first kappa shape index (κ1) is 101. The molecular weight excluding hydrogens is 1690 g/mol. The van der Waals surface area contributed by atoms with Gasteiger partial charge in [-0.25, -0.2) is 0 Å². The molecule has 2 aliphatic rings. The summed E-state index contributed by atoms with van der Waals surface area (Å²) < 4.78 is 34.7. The number of likely N-dealkylation sites (N-methyl/N-ethyl adjacent to an activating group) is 3. The number of amides is 5. The molecule has 26 heteroatoms. The number of aryl methyl sites for hydroxylation is 10. The Morgan fingerprint density at radius 1 is 0.310 bits per heavy atom. The molecule has 5 amide bonds. The Bertz CT molecular complexity index is 5140. The molecule has 10 aromatic rings. The SMILES string of the molecule is Cc1cc(NC(=O)c2c(C)cccc2OCCN(C)C)ccc1Cl.Cc1cc(NC(=O)c2c(C)cccc2OCCN2CCCCC2)ccc1Cl.Cc1cc(NC(=O)c2c(C)cccc2OCCN2CCOCC2)ccc1Cl.Cc1ccc(C(=O)Nc2ccc(Cl)c(C)c2)c(OCCN(C)C)c1.Cc1ccc(OCCN(C)C)c(C(=O)Nc2ccc(Cl)c(C)c2)c1. The Kier molecular flexibility index (Phi) is 41.4. The van der Waals surface area contributed by atoms with E-state index in [4.69, 9.17) is 86.4 Å². The van der Waals surface area contributed by atoms with Gasteiger partial charge in [0.25, 0.3) is 29.5 Å². The molecule has 0 bridgehead atoms. The Morgan fingerprint density at radius 2 is 0.611 bits per heavy atom. The summed E-state index contributed by atoms with van der Waals surface area (Å²) in [5.74, 6) is 2.10. The van der Waals surface area contributed by atoms with E-state index in [1.165, 1.54) is 19.3 Å². The molecule has 0 atom stereocenters. The van der Waals surface area contributed by atoms with Gasteiger partial charge in [0.1, 0.15) is 61.8 Å². The minimum absolute atomic E-state index is 0.164. The Labute approximate surface area is 769 Å². The number of halogens is 5. The Morgan fingerprint density at radius 3 is 0.960 bits per heavy atom. The summed E-state index contributed by atoms with van der Waals surface area (Å²) >= 11 is 30.2. The predicted octanol–water partition coefficient (Wildman–Crippen LogP) is 21.4. The van der Waals surface area contributed by atoms with Gasteiger partial charge < -0.3 is 69.7 Å². The zero-order chi connectivity index (χ0) is 91.5. The summed E-state index contributed by atoms with van der Waals surface area (Å²) in [6.07, 6.45) is 3.85. The average molecular weight is 1820 g/mol. The zero-order valence-electron chi connectivity index (χ0n) is 75.4. The topological polar surface area (TPSA) is 217 Å². The third-order valence-corrected chi connectivity index (χ3v) is 22.6. The number of nitrogens with one attached hydrogen (secondary N) is 5. The van der Waals surface area contributed by atoms with E-state index >= 15 is 0 Å². The minimum atomic E-state index is -0.198. The molecule has 126 heavy (non-hydrogen) atoms. The lowest BCUT2D eigenvalue weighted by molar-refractivity contribution is 0.0322. The van der Waals surface area contributed by atoms with E-state index in [2.05, 4.69) is 36.4 Å². The maximum atomic E-state index is 12.9. The second-order valence-electron chi connectivity index (χ2n) is 31.9. The van der Waals surface area contributed by atoms with Gasteiger partial charge in [-0.15, -0.1) is 0 Å². The van der Waals surface area contributed by atoms with Crippen molar-refractivity contribution < 1.29 is 52.4 Å². The number of hydrogen-bond donors (Lipinski definition) is 5. The molecular formula is C100H121Cl5N10O11. The fourth-order valence-corrected chi connectivity index (χ4v) is 13.8. The molecule has 0 radical (unpaired) electrons. The summed E-state index contributed by atoms with van der Waals surface area (Å²) in [7, 11) is 11.9. The number of benzene rings is 10. The fraction of sp³-hybridized carbons (Fsp3) is 0.350. The lowest BCUT2D eigenvalue weighted by Gasteiger charge is -2.26. The maximum absolute atomic E-state index is 12.9. The largest absolute Gasteiger partial charge is 0.491 e. The van der Waals surface area contributed by atoms with E-state index in [9.17, 15) is 24.0 Å². The highest BCUT2D eigenvalue weighted by molar-refractivity contribution is 6.33. The number of hydrogen-bond acceptors (Lipinski definition) is 16. The number of nitrogens with zero attached hydrogens (tertiary/aromatic N) is 5. The summed E-state index contributed by atoms with van der Waals surface area (Å²) in [6, 6.07) is 55.3. The number of morpholine rings is 1. The quantitative estimate of drug-likeness (QED) is 0.0283. The molecule has 2 aliphatic heterocycles. The van der Waals surface area contributed by atoms with Crippen molar-refractivity contribution in [2.75, 3.05) is 174 Å². The summed E-state index contributed by atoms with van der Waals surface area (Å²) in [6.45, 7) is 31.6. The van der Waals surface area contributed by atoms with Crippen LogP contribution in [-0.4, -0.2) is 201 Å². The number of carbonyl (C=O) groups is 5. The first-order valence-corrected chi connectivity index (χ1v) is 44.1. The standard InChI is InChI=1S/C22H27ClN2O2.C21H25ClN2O3.3C19H23ClN2O2/c1-16-7-6-8-20(27-14-13-25-11-4-3-5-12-25)21(16)22(26)24-18-9-10-19(23)17(2)15-18;1-15-4-3-5-19(27-13-10-24-8-11-26-12-9-24)20(15)21(25)23-17-6-7-18(22)16(2)14-17;1-13-5-8-18(24-10-9-22(3)4)16(11-13)19(23)21-15-6-7-17(20)14(2)12-15;1-13-5-7-16(18(11-13)24-10-9-22(3)4)19(23)21-15-6-8-17(20)14(2)12-15;1-13-6-5-7-17(24-11-10-22(3)4)18(13)19(23)21-15-8-9-16(20)14(2)12-15/h6-10,15H,3-5,11-14H2,1-2H3,(H,24,26);3-7,14H,8-13H2,1-2H3,(H,23,25);2*5-8,11-12H,9-10H2,1-4H3,(H,21,23);5-9,12H,10-11H2,1-4H3,(H,21,23). The predicted molar refractivity (Wildman–Crippen MR) is 517 cm³/mol. The van der Waals surface area contributed by atoms with E-state index in [0.29, 0.717) is 137 Å². The summed E-state index contributed by atoms with van der Waals surface area (Å²) in [4.78, 5) is 74.5. The molecule has 0 saturated carbocycles. The lowest BCUT2D eigenvalue weighted by atomic mass is 10.1. The van der Waals surface area contributed by atoms with Crippen LogP contribution in [0.3, 0.4) is 0 Å². The van der Waals surface area contributed by atoms with Crippen LogP contribution >= 0.6 is 58.0 Å². The number of likely N-dealkylation sites (tertiary alicyclic amines) is 1. The highest BCUT2D eigenvalue weighted by atomic mass is 35.5. The van der Waals surface area contributed by atoms with Gasteiger partial charge in [0, 0.05) is 99.4 Å². The van der Waals surface area contributed by atoms with Crippen molar-refractivity contribution in [1.29, 1.82) is 0 Å². The Balaban J connectivity index is 0.000000195. The van der Waals surface area contributed by atoms with E-state index in [0.717, 1.165) is 133 Å². The molecule has 10 aromatic carbocycles. The normalized spacial score (nSPS) is 12.5. The van der Waals surface area contributed by atoms with Crippen molar-refractivity contribution in [1.82, 2.24) is 24.5 Å². The smallest absolute Gasteiger partial charge is 0.259 e. The van der Waals surface area contributed by atoms with Crippen molar-refractivity contribution in [2.24, 2.45) is 0 Å². The van der Waals surface area contributed by atoms with Crippen LogP contribution in [0.1, 0.15) is 127 Å². The van der Waals surface area contributed by atoms with E-state index in [-0.39, 0.29) is 29.5 Å². The van der Waals surface area contributed by atoms with Crippen LogP contribution in [0.5, 0.6) is 28.7 Å². The fourth-order valence-electron chi connectivity index (χ4n) is 13.2. The van der Waals surface area contributed by atoms with Crippen molar-refractivity contribution in [2.45, 2.75) is 88.5 Å².